The Morgan fingerprint density at radius 2 is 2.25 bits per heavy atom. The molecule has 0 saturated heterocycles. The highest BCUT2D eigenvalue weighted by atomic mass is 35.5. The first kappa shape index (κ1) is 12.7. The lowest BCUT2D eigenvalue weighted by Gasteiger charge is -2.07. The van der Waals surface area contributed by atoms with Crippen molar-refractivity contribution >= 4 is 21.6 Å². The van der Waals surface area contributed by atoms with Crippen molar-refractivity contribution in [3.05, 3.63) is 41.4 Å². The number of nitriles is 1. The van der Waals surface area contributed by atoms with Gasteiger partial charge in [0.1, 0.15) is 11.0 Å². The van der Waals surface area contributed by atoms with Crippen LogP contribution in [0, 0.1) is 11.3 Å². The molecule has 0 aliphatic heterocycles. The average molecular weight is 257 g/mol. The lowest BCUT2D eigenvalue weighted by Crippen LogP contribution is -2.24. The monoisotopic (exact) mass is 256 g/mol. The summed E-state index contributed by atoms with van der Waals surface area (Å²) in [7, 11) is -3.72. The van der Waals surface area contributed by atoms with Crippen LogP contribution in [0.5, 0.6) is 0 Å². The van der Waals surface area contributed by atoms with E-state index in [2.05, 4.69) is 11.3 Å². The summed E-state index contributed by atoms with van der Waals surface area (Å²) in [4.78, 5) is -0.121. The zero-order chi connectivity index (χ0) is 12.2. The fraction of sp³-hybridized carbons (Fsp3) is 0.100. The molecule has 0 heterocycles. The molecule has 6 heteroatoms. The van der Waals surface area contributed by atoms with Gasteiger partial charge in [-0.3, -0.25) is 0 Å². The summed E-state index contributed by atoms with van der Waals surface area (Å²) in [6.07, 6.45) is 1.41. The lowest BCUT2D eigenvalue weighted by molar-refractivity contribution is 0.585. The van der Waals surface area contributed by atoms with Crippen molar-refractivity contribution < 1.29 is 8.42 Å². The number of hydrogen-bond acceptors (Lipinski definition) is 3. The van der Waals surface area contributed by atoms with Gasteiger partial charge in [-0.25, -0.2) is 13.1 Å². The molecule has 0 aromatic heterocycles. The summed E-state index contributed by atoms with van der Waals surface area (Å²) in [5.74, 6) is 0. The molecule has 0 atom stereocenters. The molecular weight excluding hydrogens is 248 g/mol. The summed E-state index contributed by atoms with van der Waals surface area (Å²) in [6, 6.07) is 6.04. The normalized spacial score (nSPS) is 10.8. The molecule has 1 rings (SSSR count). The van der Waals surface area contributed by atoms with E-state index in [-0.39, 0.29) is 22.0 Å². The molecule has 0 radical (unpaired) electrons. The Morgan fingerprint density at radius 1 is 1.56 bits per heavy atom. The van der Waals surface area contributed by atoms with Crippen LogP contribution in [0.2, 0.25) is 5.02 Å². The second-order valence-electron chi connectivity index (χ2n) is 2.87. The number of benzene rings is 1. The van der Waals surface area contributed by atoms with Gasteiger partial charge in [-0.15, -0.1) is 6.58 Å². The van der Waals surface area contributed by atoms with Crippen LogP contribution >= 0.6 is 11.6 Å². The maximum absolute atomic E-state index is 11.8. The minimum atomic E-state index is -3.72. The largest absolute Gasteiger partial charge is 0.242 e. The Kier molecular flexibility index (Phi) is 4.07. The molecule has 0 fully saturated rings. The van der Waals surface area contributed by atoms with E-state index in [4.69, 9.17) is 16.9 Å². The Labute approximate surface area is 99.2 Å². The molecule has 16 heavy (non-hydrogen) atoms. The molecule has 84 valence electrons. The number of hydrogen-bond donors (Lipinski definition) is 1. The van der Waals surface area contributed by atoms with E-state index in [0.717, 1.165) is 0 Å². The summed E-state index contributed by atoms with van der Waals surface area (Å²) < 4.78 is 25.8. The third-order valence-electron chi connectivity index (χ3n) is 1.79. The van der Waals surface area contributed by atoms with Crippen LogP contribution in [0.15, 0.2) is 35.7 Å². The third-order valence-corrected chi connectivity index (χ3v) is 3.58. The quantitative estimate of drug-likeness (QED) is 0.833. The van der Waals surface area contributed by atoms with Crippen molar-refractivity contribution in [1.29, 1.82) is 5.26 Å². The Hall–Kier alpha value is -1.35. The van der Waals surface area contributed by atoms with Crippen LogP contribution < -0.4 is 4.72 Å². The summed E-state index contributed by atoms with van der Waals surface area (Å²) in [5, 5.41) is 8.96. The second-order valence-corrected chi connectivity index (χ2v) is 5.01. The first-order chi connectivity index (χ1) is 7.53. The molecule has 1 N–H and O–H groups in total. The topological polar surface area (TPSA) is 70.0 Å². The number of sulfonamides is 1. The summed E-state index contributed by atoms with van der Waals surface area (Å²) in [5.41, 5.74) is -0.0549. The molecule has 0 aliphatic carbocycles. The highest BCUT2D eigenvalue weighted by Gasteiger charge is 2.19. The van der Waals surface area contributed by atoms with Gasteiger partial charge in [0.25, 0.3) is 0 Å². The summed E-state index contributed by atoms with van der Waals surface area (Å²) >= 11 is 5.73. The Balaban J connectivity index is 3.29. The van der Waals surface area contributed by atoms with Crippen LogP contribution in [-0.4, -0.2) is 15.0 Å². The van der Waals surface area contributed by atoms with Crippen LogP contribution in [0.4, 0.5) is 0 Å². The smallest absolute Gasteiger partial charge is 0.207 e. The van der Waals surface area contributed by atoms with Gasteiger partial charge in [0.2, 0.25) is 10.0 Å². The highest BCUT2D eigenvalue weighted by Crippen LogP contribution is 2.22. The van der Waals surface area contributed by atoms with Gasteiger partial charge in [-0.05, 0) is 12.1 Å². The fourth-order valence-corrected chi connectivity index (χ4v) is 2.53. The molecule has 0 saturated carbocycles. The minimum Gasteiger partial charge on any atom is -0.207 e. The van der Waals surface area contributed by atoms with Crippen molar-refractivity contribution in [2.24, 2.45) is 0 Å². The number of rotatable bonds is 4. The Morgan fingerprint density at radius 3 is 2.81 bits per heavy atom. The molecule has 0 spiro atoms. The molecular formula is C10H9ClN2O2S. The maximum atomic E-state index is 11.8. The fourth-order valence-electron chi connectivity index (χ4n) is 1.08. The van der Waals surface area contributed by atoms with Gasteiger partial charge in [-0.2, -0.15) is 5.26 Å². The standard InChI is InChI=1S/C10H9ClN2O2S/c1-2-6-13-16(14,15)10-5-3-4-9(11)8(10)7-12/h2-5,13H,1,6H2. The Bertz CT molecular complexity index is 546. The lowest BCUT2D eigenvalue weighted by atomic mass is 10.2. The van der Waals surface area contributed by atoms with E-state index in [9.17, 15) is 8.42 Å². The van der Waals surface area contributed by atoms with Gasteiger partial charge in [0.05, 0.1) is 10.6 Å². The molecule has 0 amide bonds. The van der Waals surface area contributed by atoms with Gasteiger partial charge >= 0.3 is 0 Å². The first-order valence-corrected chi connectivity index (χ1v) is 6.18. The zero-order valence-corrected chi connectivity index (χ0v) is 9.85. The van der Waals surface area contributed by atoms with Crippen molar-refractivity contribution in [2.45, 2.75) is 4.90 Å². The predicted molar refractivity (Wildman–Crippen MR) is 61.6 cm³/mol. The second kappa shape index (κ2) is 5.12. The van der Waals surface area contributed by atoms with Gasteiger partial charge in [0.15, 0.2) is 0 Å². The van der Waals surface area contributed by atoms with Gasteiger partial charge in [0, 0.05) is 6.54 Å². The number of nitrogens with zero attached hydrogens (tertiary/aromatic N) is 1. The van der Waals surface area contributed by atoms with Crippen molar-refractivity contribution in [2.75, 3.05) is 6.54 Å². The molecule has 4 nitrogen and oxygen atoms in total. The SMILES string of the molecule is C=CCNS(=O)(=O)c1cccc(Cl)c1C#N. The van der Waals surface area contributed by atoms with Crippen LogP contribution in [-0.2, 0) is 10.0 Å². The maximum Gasteiger partial charge on any atom is 0.242 e. The number of nitrogens with one attached hydrogen (secondary N) is 1. The molecule has 1 aromatic rings. The van der Waals surface area contributed by atoms with Crippen molar-refractivity contribution in [1.82, 2.24) is 4.72 Å². The highest BCUT2D eigenvalue weighted by molar-refractivity contribution is 7.89. The molecule has 0 bridgehead atoms. The van der Waals surface area contributed by atoms with Crippen molar-refractivity contribution in [3.8, 4) is 6.07 Å². The van der Waals surface area contributed by atoms with Gasteiger partial charge < -0.3 is 0 Å². The van der Waals surface area contributed by atoms with E-state index >= 15 is 0 Å². The van der Waals surface area contributed by atoms with Crippen LogP contribution in [0.3, 0.4) is 0 Å². The van der Waals surface area contributed by atoms with E-state index in [0.29, 0.717) is 0 Å². The van der Waals surface area contributed by atoms with E-state index in [1.165, 1.54) is 24.3 Å². The zero-order valence-electron chi connectivity index (χ0n) is 8.27. The minimum absolute atomic E-state index is 0.0549. The van der Waals surface area contributed by atoms with Gasteiger partial charge in [-0.1, -0.05) is 23.7 Å². The van der Waals surface area contributed by atoms with Crippen molar-refractivity contribution in [3.63, 3.8) is 0 Å². The third kappa shape index (κ3) is 2.61. The predicted octanol–water partition coefficient (Wildman–Crippen LogP) is 1.68. The van der Waals surface area contributed by atoms with E-state index < -0.39 is 10.0 Å². The molecule has 0 aliphatic rings. The molecule has 1 aromatic carbocycles. The van der Waals surface area contributed by atoms with Crippen LogP contribution in [0.1, 0.15) is 5.56 Å². The molecule has 0 unspecified atom stereocenters. The number of halogens is 1. The first-order valence-electron chi connectivity index (χ1n) is 4.32. The van der Waals surface area contributed by atoms with Crippen LogP contribution in [0.25, 0.3) is 0 Å². The van der Waals surface area contributed by atoms with E-state index in [1.54, 1.807) is 6.07 Å². The average Bonchev–Trinajstić information content (AvgIpc) is 2.26. The summed E-state index contributed by atoms with van der Waals surface area (Å²) in [6.45, 7) is 3.50. The van der Waals surface area contributed by atoms with E-state index in [1.807, 2.05) is 0 Å².